The lowest BCUT2D eigenvalue weighted by Gasteiger charge is -2.35. The highest BCUT2D eigenvalue weighted by Gasteiger charge is 2.37. The molecule has 0 saturated carbocycles. The van der Waals surface area contributed by atoms with Crippen molar-refractivity contribution in [2.45, 2.75) is 12.5 Å². The third-order valence-electron chi connectivity index (χ3n) is 4.84. The van der Waals surface area contributed by atoms with Crippen LogP contribution in [0.4, 0.5) is 0 Å². The van der Waals surface area contributed by atoms with Crippen molar-refractivity contribution in [3.05, 3.63) is 29.8 Å². The molecule has 1 aromatic rings. The van der Waals surface area contributed by atoms with Gasteiger partial charge >= 0.3 is 0 Å². The number of nitrogens with zero attached hydrogens (tertiary/aromatic N) is 1. The normalized spacial score (nSPS) is 24.6. The molecule has 2 saturated heterocycles. The predicted octanol–water partition coefficient (Wildman–Crippen LogP) is -0.777. The molecule has 3 rings (SSSR count). The lowest BCUT2D eigenvalue weighted by Crippen LogP contribution is -3.18. The van der Waals surface area contributed by atoms with Gasteiger partial charge in [-0.05, 0) is 24.3 Å². The maximum atomic E-state index is 12.5. The molecule has 7 heteroatoms. The van der Waals surface area contributed by atoms with Gasteiger partial charge in [0.25, 0.3) is 5.91 Å². The fourth-order valence-corrected chi connectivity index (χ4v) is 5.26. The van der Waals surface area contributed by atoms with E-state index < -0.39 is 9.84 Å². The lowest BCUT2D eigenvalue weighted by atomic mass is 10.1. The van der Waals surface area contributed by atoms with Crippen molar-refractivity contribution in [3.63, 3.8) is 0 Å². The molecule has 0 aromatic heterocycles. The number of hydrogen-bond donors (Lipinski definition) is 1. The van der Waals surface area contributed by atoms with Crippen molar-refractivity contribution in [3.8, 4) is 5.75 Å². The van der Waals surface area contributed by atoms with Crippen LogP contribution in [0.5, 0.6) is 5.75 Å². The van der Waals surface area contributed by atoms with Crippen LogP contribution in [0.15, 0.2) is 24.3 Å². The van der Waals surface area contributed by atoms with Crippen LogP contribution in [-0.2, 0) is 9.84 Å². The summed E-state index contributed by atoms with van der Waals surface area (Å²) >= 11 is 0. The zero-order valence-corrected chi connectivity index (χ0v) is 14.1. The summed E-state index contributed by atoms with van der Waals surface area (Å²) < 4.78 is 28.3. The first kappa shape index (κ1) is 16.3. The van der Waals surface area contributed by atoms with Crippen LogP contribution in [0, 0.1) is 0 Å². The Kier molecular flexibility index (Phi) is 4.59. The fourth-order valence-electron chi connectivity index (χ4n) is 3.44. The summed E-state index contributed by atoms with van der Waals surface area (Å²) in [6.07, 6.45) is 0.754. The minimum atomic E-state index is -2.84. The second-order valence-corrected chi connectivity index (χ2v) is 8.51. The molecular weight excluding hydrogens is 316 g/mol. The summed E-state index contributed by atoms with van der Waals surface area (Å²) in [5.74, 6) is 1.38. The lowest BCUT2D eigenvalue weighted by molar-refractivity contribution is -0.925. The molecule has 1 amide bonds. The molecule has 0 unspecified atom stereocenters. The number of quaternary nitrogens is 1. The molecule has 0 radical (unpaired) electrons. The van der Waals surface area contributed by atoms with Gasteiger partial charge in [0.15, 0.2) is 9.84 Å². The first-order chi connectivity index (χ1) is 11.0. The van der Waals surface area contributed by atoms with Crippen LogP contribution in [0.1, 0.15) is 16.8 Å². The van der Waals surface area contributed by atoms with Crippen molar-refractivity contribution in [2.75, 3.05) is 44.8 Å². The zero-order valence-electron chi connectivity index (χ0n) is 13.3. The van der Waals surface area contributed by atoms with E-state index in [1.165, 1.54) is 4.90 Å². The van der Waals surface area contributed by atoms with Gasteiger partial charge in [-0.1, -0.05) is 0 Å². The minimum absolute atomic E-state index is 0.0331. The van der Waals surface area contributed by atoms with E-state index in [-0.39, 0.29) is 11.9 Å². The van der Waals surface area contributed by atoms with Crippen molar-refractivity contribution < 1.29 is 22.8 Å². The summed E-state index contributed by atoms with van der Waals surface area (Å²) in [5.41, 5.74) is 0.665. The number of hydrogen-bond acceptors (Lipinski definition) is 4. The van der Waals surface area contributed by atoms with Crippen LogP contribution in [0.2, 0.25) is 0 Å². The van der Waals surface area contributed by atoms with E-state index >= 15 is 0 Å². The summed E-state index contributed by atoms with van der Waals surface area (Å²) in [4.78, 5) is 15.7. The minimum Gasteiger partial charge on any atom is -0.497 e. The van der Waals surface area contributed by atoms with E-state index in [1.54, 1.807) is 31.4 Å². The van der Waals surface area contributed by atoms with E-state index in [2.05, 4.69) is 0 Å². The first-order valence-electron chi connectivity index (χ1n) is 7.97. The third-order valence-corrected chi connectivity index (χ3v) is 6.61. The number of rotatable bonds is 3. The van der Waals surface area contributed by atoms with Crippen LogP contribution >= 0.6 is 0 Å². The molecule has 23 heavy (non-hydrogen) atoms. The van der Waals surface area contributed by atoms with E-state index in [0.29, 0.717) is 30.2 Å². The molecule has 0 bridgehead atoms. The second-order valence-electron chi connectivity index (χ2n) is 6.28. The molecule has 6 nitrogen and oxygen atoms in total. The topological polar surface area (TPSA) is 68.1 Å². The maximum absolute atomic E-state index is 12.5. The highest BCUT2D eigenvalue weighted by Crippen LogP contribution is 2.14. The molecule has 2 heterocycles. The van der Waals surface area contributed by atoms with Gasteiger partial charge in [-0.25, -0.2) is 8.42 Å². The second kappa shape index (κ2) is 6.49. The Morgan fingerprint density at radius 3 is 2.39 bits per heavy atom. The molecule has 0 spiro atoms. The first-order valence-corrected chi connectivity index (χ1v) is 9.79. The van der Waals surface area contributed by atoms with Crippen molar-refractivity contribution in [1.29, 1.82) is 0 Å². The van der Waals surface area contributed by atoms with Crippen LogP contribution in [-0.4, -0.2) is 70.1 Å². The number of carbonyl (C=O) groups is 1. The SMILES string of the molecule is COc1ccc(C(=O)N2CC[NH+]([C@H]3CCS(=O)(=O)C3)CC2)cc1. The van der Waals surface area contributed by atoms with Gasteiger partial charge in [0, 0.05) is 12.0 Å². The van der Waals surface area contributed by atoms with Crippen molar-refractivity contribution >= 4 is 15.7 Å². The average molecular weight is 339 g/mol. The van der Waals surface area contributed by atoms with Gasteiger partial charge in [0.05, 0.1) is 39.0 Å². The highest BCUT2D eigenvalue weighted by molar-refractivity contribution is 7.91. The number of amides is 1. The predicted molar refractivity (Wildman–Crippen MR) is 86.7 cm³/mol. The Morgan fingerprint density at radius 2 is 1.87 bits per heavy atom. The van der Waals surface area contributed by atoms with E-state index in [1.807, 2.05) is 4.90 Å². The van der Waals surface area contributed by atoms with Crippen LogP contribution in [0.25, 0.3) is 0 Å². The Bertz CT molecular complexity index is 664. The Hall–Kier alpha value is -1.60. The third kappa shape index (κ3) is 3.67. The number of nitrogens with one attached hydrogen (secondary N) is 1. The maximum Gasteiger partial charge on any atom is 0.254 e. The van der Waals surface area contributed by atoms with E-state index in [0.717, 1.165) is 25.3 Å². The van der Waals surface area contributed by atoms with Gasteiger partial charge in [0.2, 0.25) is 0 Å². The van der Waals surface area contributed by atoms with Crippen LogP contribution < -0.4 is 9.64 Å². The molecule has 1 N–H and O–H groups in total. The molecular formula is C16H23N2O4S+. The summed E-state index contributed by atoms with van der Waals surface area (Å²) in [7, 11) is -1.24. The van der Waals surface area contributed by atoms with Crippen molar-refractivity contribution in [1.82, 2.24) is 4.90 Å². The molecule has 2 fully saturated rings. The quantitative estimate of drug-likeness (QED) is 0.785. The molecule has 1 aromatic carbocycles. The Balaban J connectivity index is 1.57. The summed E-state index contributed by atoms with van der Waals surface area (Å²) in [5, 5.41) is 0. The number of piperazine rings is 1. The summed E-state index contributed by atoms with van der Waals surface area (Å²) in [6.45, 7) is 3.00. The Labute approximate surface area is 136 Å². The van der Waals surface area contributed by atoms with E-state index in [9.17, 15) is 13.2 Å². The molecule has 2 aliphatic rings. The van der Waals surface area contributed by atoms with Crippen LogP contribution in [0.3, 0.4) is 0 Å². The fraction of sp³-hybridized carbons (Fsp3) is 0.562. The number of methoxy groups -OCH3 is 1. The smallest absolute Gasteiger partial charge is 0.254 e. The van der Waals surface area contributed by atoms with Gasteiger partial charge in [0.1, 0.15) is 17.5 Å². The van der Waals surface area contributed by atoms with Gasteiger partial charge < -0.3 is 14.5 Å². The van der Waals surface area contributed by atoms with Gasteiger partial charge in [-0.3, -0.25) is 4.79 Å². The summed E-state index contributed by atoms with van der Waals surface area (Å²) in [6, 6.07) is 7.35. The number of ether oxygens (including phenoxy) is 1. The van der Waals surface area contributed by atoms with Gasteiger partial charge in [-0.15, -0.1) is 0 Å². The largest absolute Gasteiger partial charge is 0.497 e. The monoisotopic (exact) mass is 339 g/mol. The standard InChI is InChI=1S/C16H22N2O4S/c1-22-15-4-2-13(3-5-15)16(19)18-9-7-17(8-10-18)14-6-11-23(20,21)12-14/h2-5,14H,6-12H2,1H3/p+1/t14-/m0/s1. The Morgan fingerprint density at radius 1 is 1.22 bits per heavy atom. The molecule has 2 aliphatic heterocycles. The number of sulfone groups is 1. The molecule has 126 valence electrons. The molecule has 0 aliphatic carbocycles. The van der Waals surface area contributed by atoms with E-state index in [4.69, 9.17) is 4.74 Å². The molecule has 1 atom stereocenters. The highest BCUT2D eigenvalue weighted by atomic mass is 32.2. The number of benzene rings is 1. The van der Waals surface area contributed by atoms with Gasteiger partial charge in [-0.2, -0.15) is 0 Å². The average Bonchev–Trinajstić information content (AvgIpc) is 2.94. The number of carbonyl (C=O) groups excluding carboxylic acids is 1. The van der Waals surface area contributed by atoms with Crippen molar-refractivity contribution in [2.24, 2.45) is 0 Å². The zero-order chi connectivity index (χ0) is 16.4.